The Morgan fingerprint density at radius 2 is 2.17 bits per heavy atom. The Hall–Kier alpha value is -2.73. The third-order valence-electron chi connectivity index (χ3n) is 3.26. The lowest BCUT2D eigenvalue weighted by atomic mass is 10.1. The van der Waals surface area contributed by atoms with E-state index >= 15 is 0 Å². The van der Waals surface area contributed by atoms with Crippen LogP contribution in [0.25, 0.3) is 5.82 Å². The van der Waals surface area contributed by atoms with Gasteiger partial charge in [-0.1, -0.05) is 23.7 Å². The number of nitrogens with one attached hydrogen (secondary N) is 1. The van der Waals surface area contributed by atoms with Crippen molar-refractivity contribution in [3.05, 3.63) is 71.4 Å². The third-order valence-corrected chi connectivity index (χ3v) is 3.49. The van der Waals surface area contributed by atoms with Crippen molar-refractivity contribution in [1.82, 2.24) is 25.1 Å². The predicted molar refractivity (Wildman–Crippen MR) is 86.6 cm³/mol. The van der Waals surface area contributed by atoms with Crippen molar-refractivity contribution in [2.45, 2.75) is 6.42 Å². The van der Waals surface area contributed by atoms with Crippen molar-refractivity contribution in [1.29, 1.82) is 0 Å². The van der Waals surface area contributed by atoms with E-state index in [-0.39, 0.29) is 5.91 Å². The second-order valence-corrected chi connectivity index (χ2v) is 5.29. The molecule has 0 aliphatic carbocycles. The third kappa shape index (κ3) is 3.73. The van der Waals surface area contributed by atoms with Gasteiger partial charge in [-0.15, -0.1) is 0 Å². The highest BCUT2D eigenvalue weighted by molar-refractivity contribution is 6.30. The van der Waals surface area contributed by atoms with Crippen LogP contribution in [0, 0.1) is 0 Å². The molecule has 0 bridgehead atoms. The van der Waals surface area contributed by atoms with Crippen LogP contribution in [0.15, 0.2) is 55.2 Å². The van der Waals surface area contributed by atoms with Gasteiger partial charge in [-0.25, -0.2) is 14.6 Å². The topological polar surface area (TPSA) is 72.7 Å². The number of hydrogen-bond acceptors (Lipinski definition) is 4. The molecule has 0 unspecified atom stereocenters. The van der Waals surface area contributed by atoms with Crippen LogP contribution in [-0.4, -0.2) is 32.2 Å². The van der Waals surface area contributed by atoms with E-state index in [4.69, 9.17) is 11.6 Å². The molecule has 2 heterocycles. The first-order valence-electron chi connectivity index (χ1n) is 7.07. The van der Waals surface area contributed by atoms with E-state index in [1.165, 1.54) is 17.3 Å². The number of carbonyl (C=O) groups excluding carboxylic acids is 1. The summed E-state index contributed by atoms with van der Waals surface area (Å²) in [6, 6.07) is 11.0. The average Bonchev–Trinajstić information content (AvgIpc) is 3.09. The van der Waals surface area contributed by atoms with Crippen molar-refractivity contribution in [3.8, 4) is 5.82 Å². The summed E-state index contributed by atoms with van der Waals surface area (Å²) in [5, 5.41) is 7.59. The molecular formula is C16H14ClN5O. The molecule has 0 atom stereocenters. The maximum absolute atomic E-state index is 12.4. The molecule has 7 heteroatoms. The first-order chi connectivity index (χ1) is 11.2. The normalized spacial score (nSPS) is 10.5. The van der Waals surface area contributed by atoms with Crippen LogP contribution in [-0.2, 0) is 6.42 Å². The van der Waals surface area contributed by atoms with E-state index in [1.807, 2.05) is 24.3 Å². The Bertz CT molecular complexity index is 804. The van der Waals surface area contributed by atoms with Crippen LogP contribution < -0.4 is 5.32 Å². The van der Waals surface area contributed by atoms with Gasteiger partial charge in [0.2, 0.25) is 0 Å². The number of nitrogens with zero attached hydrogens (tertiary/aromatic N) is 4. The number of benzene rings is 1. The molecule has 3 aromatic rings. The Balaban J connectivity index is 1.67. The van der Waals surface area contributed by atoms with Gasteiger partial charge in [0.05, 0.1) is 5.56 Å². The van der Waals surface area contributed by atoms with Gasteiger partial charge in [0.15, 0.2) is 5.82 Å². The van der Waals surface area contributed by atoms with E-state index < -0.39 is 0 Å². The van der Waals surface area contributed by atoms with Gasteiger partial charge in [0.1, 0.15) is 12.7 Å². The van der Waals surface area contributed by atoms with Crippen LogP contribution in [0.1, 0.15) is 15.9 Å². The SMILES string of the molecule is O=C(NCCc1cccc(Cl)c1)c1cccnc1-n1cncn1. The van der Waals surface area contributed by atoms with Crippen LogP contribution in [0.2, 0.25) is 5.02 Å². The maximum Gasteiger partial charge on any atom is 0.255 e. The van der Waals surface area contributed by atoms with Gasteiger partial charge in [0, 0.05) is 17.8 Å². The number of amides is 1. The lowest BCUT2D eigenvalue weighted by molar-refractivity contribution is 0.0953. The Morgan fingerprint density at radius 3 is 2.96 bits per heavy atom. The lowest BCUT2D eigenvalue weighted by Gasteiger charge is -2.09. The molecule has 3 rings (SSSR count). The van der Waals surface area contributed by atoms with Crippen LogP contribution in [0.4, 0.5) is 0 Å². The monoisotopic (exact) mass is 327 g/mol. The molecule has 0 fully saturated rings. The minimum Gasteiger partial charge on any atom is -0.352 e. The number of halogens is 1. The van der Waals surface area contributed by atoms with Gasteiger partial charge in [-0.05, 0) is 36.2 Å². The number of pyridine rings is 1. The first-order valence-corrected chi connectivity index (χ1v) is 7.44. The summed E-state index contributed by atoms with van der Waals surface area (Å²) in [5.41, 5.74) is 1.52. The predicted octanol–water partition coefficient (Wildman–Crippen LogP) is 2.29. The Morgan fingerprint density at radius 1 is 1.26 bits per heavy atom. The number of carbonyl (C=O) groups is 1. The zero-order valence-corrected chi connectivity index (χ0v) is 12.9. The van der Waals surface area contributed by atoms with E-state index in [0.29, 0.717) is 29.4 Å². The zero-order chi connectivity index (χ0) is 16.1. The standard InChI is InChI=1S/C16H14ClN5O/c17-13-4-1-3-12(9-13)6-8-20-16(23)14-5-2-7-19-15(14)22-11-18-10-21-22/h1-5,7,9-11H,6,8H2,(H,20,23). The molecule has 0 saturated carbocycles. The largest absolute Gasteiger partial charge is 0.352 e. The minimum absolute atomic E-state index is 0.203. The second-order valence-electron chi connectivity index (χ2n) is 4.85. The van der Waals surface area contributed by atoms with Crippen molar-refractivity contribution in [2.75, 3.05) is 6.54 Å². The Kier molecular flexibility index (Phi) is 4.63. The van der Waals surface area contributed by atoms with Gasteiger partial charge in [0.25, 0.3) is 5.91 Å². The quantitative estimate of drug-likeness (QED) is 0.780. The second kappa shape index (κ2) is 7.02. The summed E-state index contributed by atoms with van der Waals surface area (Å²) >= 11 is 5.95. The van der Waals surface area contributed by atoms with Crippen molar-refractivity contribution in [3.63, 3.8) is 0 Å². The molecule has 116 valence electrons. The molecule has 0 spiro atoms. The summed E-state index contributed by atoms with van der Waals surface area (Å²) in [4.78, 5) is 20.5. The number of hydrogen-bond donors (Lipinski definition) is 1. The van der Waals surface area contributed by atoms with E-state index in [2.05, 4.69) is 20.4 Å². The van der Waals surface area contributed by atoms with Gasteiger partial charge >= 0.3 is 0 Å². The highest BCUT2D eigenvalue weighted by Gasteiger charge is 2.13. The molecule has 23 heavy (non-hydrogen) atoms. The number of aromatic nitrogens is 4. The van der Waals surface area contributed by atoms with Crippen molar-refractivity contribution >= 4 is 17.5 Å². The fourth-order valence-corrected chi connectivity index (χ4v) is 2.40. The fraction of sp³-hybridized carbons (Fsp3) is 0.125. The number of rotatable bonds is 5. The lowest BCUT2D eigenvalue weighted by Crippen LogP contribution is -2.27. The van der Waals surface area contributed by atoms with Crippen LogP contribution in [0.5, 0.6) is 0 Å². The van der Waals surface area contributed by atoms with Gasteiger partial charge in [-0.3, -0.25) is 4.79 Å². The molecule has 1 aromatic carbocycles. The van der Waals surface area contributed by atoms with E-state index in [9.17, 15) is 4.79 Å². The Labute approximate surface area is 138 Å². The fourth-order valence-electron chi connectivity index (χ4n) is 2.18. The summed E-state index contributed by atoms with van der Waals surface area (Å²) in [6.45, 7) is 0.505. The molecule has 0 aliphatic heterocycles. The minimum atomic E-state index is -0.203. The van der Waals surface area contributed by atoms with Crippen molar-refractivity contribution in [2.24, 2.45) is 0 Å². The molecular weight excluding hydrogens is 314 g/mol. The highest BCUT2D eigenvalue weighted by atomic mass is 35.5. The average molecular weight is 328 g/mol. The first kappa shape index (κ1) is 15.2. The van der Waals surface area contributed by atoms with E-state index in [1.54, 1.807) is 18.3 Å². The van der Waals surface area contributed by atoms with E-state index in [0.717, 1.165) is 5.56 Å². The molecule has 0 saturated heterocycles. The molecule has 2 aromatic heterocycles. The van der Waals surface area contributed by atoms with Crippen LogP contribution in [0.3, 0.4) is 0 Å². The molecule has 6 nitrogen and oxygen atoms in total. The summed E-state index contributed by atoms with van der Waals surface area (Å²) < 4.78 is 1.46. The molecule has 1 N–H and O–H groups in total. The smallest absolute Gasteiger partial charge is 0.255 e. The summed E-state index contributed by atoms with van der Waals surface area (Å²) in [5.74, 6) is 0.246. The van der Waals surface area contributed by atoms with Gasteiger partial charge in [-0.2, -0.15) is 5.10 Å². The van der Waals surface area contributed by atoms with Crippen molar-refractivity contribution < 1.29 is 4.79 Å². The summed E-state index contributed by atoms with van der Waals surface area (Å²) in [6.07, 6.45) is 5.21. The van der Waals surface area contributed by atoms with Gasteiger partial charge < -0.3 is 5.32 Å². The molecule has 0 radical (unpaired) electrons. The zero-order valence-electron chi connectivity index (χ0n) is 12.2. The summed E-state index contributed by atoms with van der Waals surface area (Å²) in [7, 11) is 0. The molecule has 0 aliphatic rings. The molecule has 1 amide bonds. The highest BCUT2D eigenvalue weighted by Crippen LogP contribution is 2.12. The maximum atomic E-state index is 12.4. The van der Waals surface area contributed by atoms with Crippen LogP contribution >= 0.6 is 11.6 Å².